The average molecular weight is 533 g/mol. The van der Waals surface area contributed by atoms with Gasteiger partial charge in [0.1, 0.15) is 5.75 Å². The van der Waals surface area contributed by atoms with Gasteiger partial charge in [-0.05, 0) is 42.0 Å². The van der Waals surface area contributed by atoms with Gasteiger partial charge in [0, 0.05) is 46.1 Å². The molecule has 0 unspecified atom stereocenters. The zero-order valence-corrected chi connectivity index (χ0v) is 19.9. The summed E-state index contributed by atoms with van der Waals surface area (Å²) in [4.78, 5) is 10.7. The number of nitro groups is 1. The Kier molecular flexibility index (Phi) is 5.15. The van der Waals surface area contributed by atoms with Crippen LogP contribution in [-0.2, 0) is 5.72 Å². The van der Waals surface area contributed by atoms with Crippen LogP contribution in [0.25, 0.3) is 0 Å². The molecule has 0 saturated carbocycles. The molecule has 3 aromatic carbocycles. The molecule has 0 fully saturated rings. The lowest BCUT2D eigenvalue weighted by atomic mass is 9.92. The highest BCUT2D eigenvalue weighted by molar-refractivity contribution is 9.10. The van der Waals surface area contributed by atoms with Crippen molar-refractivity contribution in [3.8, 4) is 5.75 Å². The van der Waals surface area contributed by atoms with Gasteiger partial charge < -0.3 is 4.74 Å². The summed E-state index contributed by atoms with van der Waals surface area (Å²) in [5.74, 6) is 0.547. The zero-order chi connectivity index (χ0) is 22.6. The molecule has 162 valence electrons. The van der Waals surface area contributed by atoms with E-state index in [2.05, 4.69) is 15.9 Å². The Morgan fingerprint density at radius 1 is 1.16 bits per heavy atom. The minimum Gasteiger partial charge on any atom is -0.461 e. The summed E-state index contributed by atoms with van der Waals surface area (Å²) >= 11 is 16.3. The number of halogens is 3. The lowest BCUT2D eigenvalue weighted by Gasteiger charge is -2.46. The predicted molar refractivity (Wildman–Crippen MR) is 127 cm³/mol. The van der Waals surface area contributed by atoms with Gasteiger partial charge in [-0.2, -0.15) is 5.10 Å². The van der Waals surface area contributed by atoms with E-state index in [9.17, 15) is 10.1 Å². The Hall–Kier alpha value is -2.61. The topological polar surface area (TPSA) is 68.0 Å². The molecule has 0 N–H and O–H groups in total. The lowest BCUT2D eigenvalue weighted by Crippen LogP contribution is -2.48. The molecule has 3 aromatic rings. The summed E-state index contributed by atoms with van der Waals surface area (Å²) in [7, 11) is 0. The maximum Gasteiger partial charge on any atom is 0.269 e. The molecule has 0 aromatic heterocycles. The number of nitro benzene ring substituents is 1. The molecule has 0 amide bonds. The second-order valence-corrected chi connectivity index (χ2v) is 9.57. The Morgan fingerprint density at radius 3 is 2.50 bits per heavy atom. The van der Waals surface area contributed by atoms with Gasteiger partial charge in [-0.1, -0.05) is 51.3 Å². The van der Waals surface area contributed by atoms with Gasteiger partial charge in [-0.3, -0.25) is 10.1 Å². The van der Waals surface area contributed by atoms with Gasteiger partial charge in [-0.15, -0.1) is 0 Å². The van der Waals surface area contributed by atoms with Crippen LogP contribution in [0.2, 0.25) is 10.0 Å². The number of hydrazone groups is 1. The molecule has 0 spiro atoms. The summed E-state index contributed by atoms with van der Waals surface area (Å²) in [6, 6.07) is 17.6. The summed E-state index contributed by atoms with van der Waals surface area (Å²) in [6.07, 6.45) is 0.636. The molecule has 5 rings (SSSR count). The van der Waals surface area contributed by atoms with Gasteiger partial charge in [0.25, 0.3) is 5.69 Å². The summed E-state index contributed by atoms with van der Waals surface area (Å²) < 4.78 is 7.45. The van der Waals surface area contributed by atoms with Crippen LogP contribution < -0.4 is 4.74 Å². The van der Waals surface area contributed by atoms with Crippen LogP contribution in [0, 0.1) is 10.1 Å². The van der Waals surface area contributed by atoms with E-state index in [1.54, 1.807) is 18.2 Å². The van der Waals surface area contributed by atoms with Crippen molar-refractivity contribution in [1.29, 1.82) is 0 Å². The molecule has 9 heteroatoms. The third-order valence-corrected chi connectivity index (χ3v) is 6.86. The van der Waals surface area contributed by atoms with E-state index in [0.29, 0.717) is 22.2 Å². The second-order valence-electron chi connectivity index (χ2n) is 7.81. The van der Waals surface area contributed by atoms with E-state index in [-0.39, 0.29) is 11.7 Å². The minimum absolute atomic E-state index is 0.00963. The van der Waals surface area contributed by atoms with Crippen molar-refractivity contribution < 1.29 is 9.66 Å². The Morgan fingerprint density at radius 2 is 1.84 bits per heavy atom. The molecule has 0 bridgehead atoms. The number of non-ortho nitro benzene ring substituents is 1. The molecule has 0 saturated heterocycles. The standard InChI is InChI=1S/C23H16BrCl2N3O3/c1-23(14-4-8-17(9-5-14)29(30)31)28-21(18-10-16(25)11-19(26)22(18)32-23)12-20(27-28)13-2-6-15(24)7-3-13/h2-11,21H,12H2,1H3/t21-,23-/m0/s1. The summed E-state index contributed by atoms with van der Waals surface area (Å²) in [6.45, 7) is 1.89. The maximum atomic E-state index is 11.1. The monoisotopic (exact) mass is 531 g/mol. The smallest absolute Gasteiger partial charge is 0.269 e. The first kappa shape index (κ1) is 21.2. The van der Waals surface area contributed by atoms with Gasteiger partial charge in [-0.25, -0.2) is 5.01 Å². The first-order chi connectivity index (χ1) is 15.3. The van der Waals surface area contributed by atoms with E-state index >= 15 is 0 Å². The lowest BCUT2D eigenvalue weighted by molar-refractivity contribution is -0.384. The third kappa shape index (κ3) is 3.45. The minimum atomic E-state index is -1.03. The highest BCUT2D eigenvalue weighted by Gasteiger charge is 2.49. The van der Waals surface area contributed by atoms with E-state index in [1.807, 2.05) is 42.3 Å². The maximum absolute atomic E-state index is 11.1. The highest BCUT2D eigenvalue weighted by atomic mass is 79.9. The fourth-order valence-corrected chi connectivity index (χ4v) is 5.04. The fraction of sp³-hybridized carbons (Fsp3) is 0.174. The van der Waals surface area contributed by atoms with Crippen molar-refractivity contribution in [3.05, 3.63) is 102 Å². The predicted octanol–water partition coefficient (Wildman–Crippen LogP) is 7.08. The van der Waals surface area contributed by atoms with Gasteiger partial charge in [0.05, 0.1) is 21.7 Å². The molecular weight excluding hydrogens is 517 g/mol. The molecule has 2 heterocycles. The van der Waals surface area contributed by atoms with E-state index in [0.717, 1.165) is 26.9 Å². The van der Waals surface area contributed by atoms with Crippen LogP contribution in [0.5, 0.6) is 5.75 Å². The van der Waals surface area contributed by atoms with Gasteiger partial charge in [0.2, 0.25) is 5.72 Å². The first-order valence-corrected chi connectivity index (χ1v) is 11.4. The van der Waals surface area contributed by atoms with E-state index < -0.39 is 10.6 Å². The Labute approximate surface area is 202 Å². The Balaban J connectivity index is 1.65. The van der Waals surface area contributed by atoms with Crippen molar-refractivity contribution in [3.63, 3.8) is 0 Å². The molecule has 0 radical (unpaired) electrons. The second kappa shape index (κ2) is 7.76. The van der Waals surface area contributed by atoms with Crippen LogP contribution in [0.3, 0.4) is 0 Å². The first-order valence-electron chi connectivity index (χ1n) is 9.82. The fourth-order valence-electron chi connectivity index (χ4n) is 4.23. The number of rotatable bonds is 3. The van der Waals surface area contributed by atoms with Crippen LogP contribution in [0.15, 0.2) is 70.2 Å². The largest absolute Gasteiger partial charge is 0.461 e. The van der Waals surface area contributed by atoms with Crippen molar-refractivity contribution in [1.82, 2.24) is 5.01 Å². The third-order valence-electron chi connectivity index (χ3n) is 5.84. The normalized spacial score (nSPS) is 21.4. The Bertz CT molecular complexity index is 1260. The van der Waals surface area contributed by atoms with Gasteiger partial charge in [0.15, 0.2) is 0 Å². The molecule has 2 atom stereocenters. The molecule has 2 aliphatic rings. The molecule has 32 heavy (non-hydrogen) atoms. The average Bonchev–Trinajstić information content (AvgIpc) is 3.22. The van der Waals surface area contributed by atoms with Crippen LogP contribution >= 0.6 is 39.1 Å². The van der Waals surface area contributed by atoms with Crippen LogP contribution in [-0.4, -0.2) is 15.6 Å². The molecule has 6 nitrogen and oxygen atoms in total. The van der Waals surface area contributed by atoms with E-state index in [1.165, 1.54) is 12.1 Å². The summed E-state index contributed by atoms with van der Waals surface area (Å²) in [5, 5.41) is 18.9. The van der Waals surface area contributed by atoms with E-state index in [4.69, 9.17) is 33.0 Å². The highest BCUT2D eigenvalue weighted by Crippen LogP contribution is 2.53. The summed E-state index contributed by atoms with van der Waals surface area (Å²) in [5.41, 5.74) is 2.48. The number of nitrogens with zero attached hydrogens (tertiary/aromatic N) is 3. The van der Waals surface area contributed by atoms with Crippen molar-refractivity contribution in [2.45, 2.75) is 25.1 Å². The van der Waals surface area contributed by atoms with Crippen LogP contribution in [0.4, 0.5) is 5.69 Å². The number of hydrogen-bond acceptors (Lipinski definition) is 5. The van der Waals surface area contributed by atoms with Gasteiger partial charge >= 0.3 is 0 Å². The molecule has 2 aliphatic heterocycles. The molecular formula is C23H16BrCl2N3O3. The number of fused-ring (bicyclic) bond motifs is 3. The number of benzene rings is 3. The molecule has 0 aliphatic carbocycles. The SMILES string of the molecule is C[C@@]1(c2ccc([N+](=O)[O-])cc2)Oc2c(Cl)cc(Cl)cc2[C@@H]2CC(c3ccc(Br)cc3)=NN21. The van der Waals surface area contributed by atoms with Crippen molar-refractivity contribution in [2.24, 2.45) is 5.10 Å². The van der Waals surface area contributed by atoms with Crippen LogP contribution in [0.1, 0.15) is 36.1 Å². The zero-order valence-electron chi connectivity index (χ0n) is 16.8. The quantitative estimate of drug-likeness (QED) is 0.267. The number of hydrogen-bond donors (Lipinski definition) is 0. The number of ether oxygens (including phenoxy) is 1. The van der Waals surface area contributed by atoms with Crippen molar-refractivity contribution in [2.75, 3.05) is 0 Å². The van der Waals surface area contributed by atoms with Crippen molar-refractivity contribution >= 4 is 50.5 Å².